The van der Waals surface area contributed by atoms with Gasteiger partial charge in [0.25, 0.3) is 10.0 Å². The van der Waals surface area contributed by atoms with Gasteiger partial charge in [-0.15, -0.1) is 0 Å². The van der Waals surface area contributed by atoms with Crippen LogP contribution in [0.5, 0.6) is 11.5 Å². The number of ether oxygens (including phenoxy) is 2. The van der Waals surface area contributed by atoms with Crippen molar-refractivity contribution in [3.05, 3.63) is 60.2 Å². The Morgan fingerprint density at radius 3 is 2.37 bits per heavy atom. The Morgan fingerprint density at radius 2 is 1.74 bits per heavy atom. The third-order valence-electron chi connectivity index (χ3n) is 4.03. The number of nitrogens with one attached hydrogen (secondary N) is 1. The average Bonchev–Trinajstić information content (AvgIpc) is 3.07. The molecule has 1 aromatic heterocycles. The van der Waals surface area contributed by atoms with Crippen molar-refractivity contribution in [2.75, 3.05) is 18.9 Å². The molecular weight excluding hydrogens is 366 g/mol. The second-order valence-electron chi connectivity index (χ2n) is 6.07. The molecule has 0 saturated heterocycles. The molecule has 2 aromatic carbocycles. The lowest BCUT2D eigenvalue weighted by Gasteiger charge is -2.14. The minimum atomic E-state index is -3.83. The Kier molecular flexibility index (Phi) is 5.09. The Hall–Kier alpha value is -3.00. The van der Waals surface area contributed by atoms with Crippen molar-refractivity contribution in [2.45, 2.75) is 18.7 Å². The van der Waals surface area contributed by atoms with Crippen molar-refractivity contribution in [3.8, 4) is 17.2 Å². The summed E-state index contributed by atoms with van der Waals surface area (Å²) in [5, 5.41) is 0. The highest BCUT2D eigenvalue weighted by Crippen LogP contribution is 2.30. The predicted octanol–water partition coefficient (Wildman–Crippen LogP) is 3.31. The maximum absolute atomic E-state index is 12.8. The minimum absolute atomic E-state index is 0.0817. The van der Waals surface area contributed by atoms with Gasteiger partial charge in [-0.2, -0.15) is 0 Å². The first-order valence-electron chi connectivity index (χ1n) is 8.20. The molecule has 0 aliphatic carbocycles. The number of aryl methyl sites for hydroxylation is 2. The van der Waals surface area contributed by atoms with Crippen molar-refractivity contribution in [3.63, 3.8) is 0 Å². The number of sulfonamides is 1. The molecule has 0 aliphatic heterocycles. The maximum Gasteiger partial charge on any atom is 0.265 e. The van der Waals surface area contributed by atoms with Gasteiger partial charge >= 0.3 is 0 Å². The summed E-state index contributed by atoms with van der Waals surface area (Å²) in [6, 6.07) is 10.1. The largest absolute Gasteiger partial charge is 0.495 e. The van der Waals surface area contributed by atoms with Crippen molar-refractivity contribution in [1.82, 2.24) is 9.55 Å². The number of aromatic nitrogens is 2. The molecule has 0 spiro atoms. The first-order chi connectivity index (χ1) is 12.8. The zero-order valence-corrected chi connectivity index (χ0v) is 16.4. The molecular formula is C19H21N3O4S. The third-order valence-corrected chi connectivity index (χ3v) is 5.43. The molecule has 0 saturated carbocycles. The van der Waals surface area contributed by atoms with E-state index in [-0.39, 0.29) is 10.6 Å². The van der Waals surface area contributed by atoms with E-state index in [1.165, 1.54) is 14.2 Å². The van der Waals surface area contributed by atoms with Gasteiger partial charge in [0.05, 0.1) is 37.6 Å². The molecule has 0 aliphatic rings. The zero-order valence-electron chi connectivity index (χ0n) is 15.6. The monoisotopic (exact) mass is 387 g/mol. The summed E-state index contributed by atoms with van der Waals surface area (Å²) >= 11 is 0. The second-order valence-corrected chi connectivity index (χ2v) is 7.72. The van der Waals surface area contributed by atoms with E-state index in [9.17, 15) is 8.42 Å². The molecule has 1 heterocycles. The Morgan fingerprint density at radius 1 is 1.00 bits per heavy atom. The number of nitrogens with zero attached hydrogens (tertiary/aromatic N) is 2. The van der Waals surface area contributed by atoms with E-state index >= 15 is 0 Å². The van der Waals surface area contributed by atoms with Crippen LogP contribution in [0.4, 0.5) is 5.69 Å². The van der Waals surface area contributed by atoms with E-state index in [4.69, 9.17) is 9.47 Å². The first kappa shape index (κ1) is 18.8. The minimum Gasteiger partial charge on any atom is -0.495 e. The van der Waals surface area contributed by atoms with Crippen LogP contribution < -0.4 is 14.2 Å². The SMILES string of the molecule is COc1cc(NS(=O)(=O)c2cc(C)ccc2OC)ccc1-n1cnc(C)c1. The Balaban J connectivity index is 1.97. The zero-order chi connectivity index (χ0) is 19.6. The summed E-state index contributed by atoms with van der Waals surface area (Å²) in [6.45, 7) is 3.71. The molecule has 3 rings (SSSR count). The molecule has 8 heteroatoms. The van der Waals surface area contributed by atoms with Crippen LogP contribution in [0.3, 0.4) is 0 Å². The summed E-state index contributed by atoms with van der Waals surface area (Å²) < 4.78 is 40.7. The summed E-state index contributed by atoms with van der Waals surface area (Å²) in [5.74, 6) is 0.800. The molecule has 142 valence electrons. The topological polar surface area (TPSA) is 82.5 Å². The molecule has 0 unspecified atom stereocenters. The second kappa shape index (κ2) is 7.32. The maximum atomic E-state index is 12.8. The standard InChI is InChI=1S/C19H21N3O4S/c1-13-5-8-17(25-3)19(9-13)27(23,24)21-15-6-7-16(18(10-15)26-4)22-11-14(2)20-12-22/h5-12,21H,1-4H3. The van der Waals surface area contributed by atoms with E-state index in [0.29, 0.717) is 11.4 Å². The van der Waals surface area contributed by atoms with Crippen LogP contribution in [0.2, 0.25) is 0 Å². The van der Waals surface area contributed by atoms with E-state index in [2.05, 4.69) is 9.71 Å². The number of hydrogen-bond acceptors (Lipinski definition) is 5. The normalized spacial score (nSPS) is 11.3. The molecule has 1 N–H and O–H groups in total. The van der Waals surface area contributed by atoms with Gasteiger partial charge in [0.15, 0.2) is 0 Å². The Labute approximate surface area is 158 Å². The highest BCUT2D eigenvalue weighted by molar-refractivity contribution is 7.92. The van der Waals surface area contributed by atoms with Crippen molar-refractivity contribution in [2.24, 2.45) is 0 Å². The molecule has 3 aromatic rings. The Bertz CT molecular complexity index is 1070. The van der Waals surface area contributed by atoms with E-state index in [0.717, 1.165) is 16.9 Å². The van der Waals surface area contributed by atoms with Crippen molar-refractivity contribution < 1.29 is 17.9 Å². The highest BCUT2D eigenvalue weighted by Gasteiger charge is 2.20. The number of rotatable bonds is 6. The van der Waals surface area contributed by atoms with Crippen LogP contribution in [0.15, 0.2) is 53.8 Å². The predicted molar refractivity (Wildman–Crippen MR) is 103 cm³/mol. The summed E-state index contributed by atoms with van der Waals surface area (Å²) in [7, 11) is -0.855. The quantitative estimate of drug-likeness (QED) is 0.702. The van der Waals surface area contributed by atoms with Gasteiger partial charge in [0.1, 0.15) is 16.4 Å². The number of anilines is 1. The molecule has 27 heavy (non-hydrogen) atoms. The fraction of sp³-hybridized carbons (Fsp3) is 0.211. The summed E-state index contributed by atoms with van der Waals surface area (Å²) in [5.41, 5.74) is 2.83. The van der Waals surface area contributed by atoms with Crippen LogP contribution in [0, 0.1) is 13.8 Å². The van der Waals surface area contributed by atoms with Gasteiger partial charge in [-0.05, 0) is 43.7 Å². The number of hydrogen-bond donors (Lipinski definition) is 1. The van der Waals surface area contributed by atoms with Crippen LogP contribution in [0.25, 0.3) is 5.69 Å². The smallest absolute Gasteiger partial charge is 0.265 e. The third kappa shape index (κ3) is 3.90. The lowest BCUT2D eigenvalue weighted by molar-refractivity contribution is 0.402. The van der Waals surface area contributed by atoms with E-state index < -0.39 is 10.0 Å². The van der Waals surface area contributed by atoms with Gasteiger partial charge in [-0.25, -0.2) is 13.4 Å². The molecule has 0 amide bonds. The van der Waals surface area contributed by atoms with Crippen LogP contribution >= 0.6 is 0 Å². The fourth-order valence-electron chi connectivity index (χ4n) is 2.71. The fourth-order valence-corrected chi connectivity index (χ4v) is 4.02. The van der Waals surface area contributed by atoms with Crippen LogP contribution in [-0.4, -0.2) is 32.2 Å². The molecule has 0 radical (unpaired) electrons. The number of benzene rings is 2. The van der Waals surface area contributed by atoms with Crippen LogP contribution in [0.1, 0.15) is 11.3 Å². The summed E-state index contributed by atoms with van der Waals surface area (Å²) in [6.07, 6.45) is 3.54. The van der Waals surface area contributed by atoms with Crippen molar-refractivity contribution in [1.29, 1.82) is 0 Å². The van der Waals surface area contributed by atoms with Gasteiger partial charge in [-0.3, -0.25) is 4.72 Å². The molecule has 0 atom stereocenters. The van der Waals surface area contributed by atoms with E-state index in [1.54, 1.807) is 42.7 Å². The molecule has 7 nitrogen and oxygen atoms in total. The van der Waals surface area contributed by atoms with Gasteiger partial charge in [0, 0.05) is 12.3 Å². The number of methoxy groups -OCH3 is 2. The van der Waals surface area contributed by atoms with E-state index in [1.807, 2.05) is 24.6 Å². The number of imidazole rings is 1. The van der Waals surface area contributed by atoms with Crippen LogP contribution in [-0.2, 0) is 10.0 Å². The van der Waals surface area contributed by atoms with Gasteiger partial charge < -0.3 is 14.0 Å². The first-order valence-corrected chi connectivity index (χ1v) is 9.69. The highest BCUT2D eigenvalue weighted by atomic mass is 32.2. The van der Waals surface area contributed by atoms with Gasteiger partial charge in [0.2, 0.25) is 0 Å². The lowest BCUT2D eigenvalue weighted by Crippen LogP contribution is -2.14. The van der Waals surface area contributed by atoms with Gasteiger partial charge in [-0.1, -0.05) is 6.07 Å². The molecule has 0 bridgehead atoms. The van der Waals surface area contributed by atoms with Crippen molar-refractivity contribution >= 4 is 15.7 Å². The average molecular weight is 387 g/mol. The lowest BCUT2D eigenvalue weighted by atomic mass is 10.2. The molecule has 0 fully saturated rings. The summed E-state index contributed by atoms with van der Waals surface area (Å²) in [4.78, 5) is 4.28.